The minimum atomic E-state index is -0.379. The highest BCUT2D eigenvalue weighted by molar-refractivity contribution is 6.18. The van der Waals surface area contributed by atoms with Gasteiger partial charge in [0.05, 0.1) is 20.6 Å². The Hall–Kier alpha value is -4.27. The van der Waals surface area contributed by atoms with Gasteiger partial charge in [0.25, 0.3) is 0 Å². The van der Waals surface area contributed by atoms with Gasteiger partial charge < -0.3 is 24.2 Å². The molecule has 0 heterocycles. The Morgan fingerprint density at radius 2 is 1.36 bits per heavy atom. The molecule has 0 aliphatic heterocycles. The number of ether oxygens (including phenoxy) is 3. The van der Waals surface area contributed by atoms with Crippen LogP contribution in [-0.2, 0) is 20.8 Å². The van der Waals surface area contributed by atoms with Crippen LogP contribution in [0.25, 0.3) is 12.2 Å². The normalized spacial score (nSPS) is 11.1. The minimum Gasteiger partial charge on any atom is -0.504 e. The summed E-state index contributed by atoms with van der Waals surface area (Å²) in [4.78, 5) is 39.3. The number of halogens is 2. The molecule has 238 valence electrons. The summed E-state index contributed by atoms with van der Waals surface area (Å²) in [6, 6.07) is 17.8. The number of carbonyl (C=O) groups excluding carboxylic acids is 3. The van der Waals surface area contributed by atoms with E-state index in [1.807, 2.05) is 24.3 Å². The van der Waals surface area contributed by atoms with Gasteiger partial charge in [-0.1, -0.05) is 36.4 Å². The summed E-state index contributed by atoms with van der Waals surface area (Å²) in [7, 11) is 2.89. The van der Waals surface area contributed by atoms with E-state index in [1.165, 1.54) is 32.4 Å². The monoisotopic (exact) mass is 653 g/mol. The number of hydrogen-bond acceptors (Lipinski definition) is 8. The topological polar surface area (TPSA) is 102 Å². The molecule has 0 atom stereocenters. The van der Waals surface area contributed by atoms with E-state index in [1.54, 1.807) is 42.5 Å². The van der Waals surface area contributed by atoms with Crippen LogP contribution in [0.1, 0.15) is 36.0 Å². The number of aromatic hydroxyl groups is 1. The molecule has 0 fully saturated rings. The Bertz CT molecular complexity index is 1500. The summed E-state index contributed by atoms with van der Waals surface area (Å²) in [5.41, 5.74) is 3.46. The van der Waals surface area contributed by atoms with Crippen LogP contribution in [0.3, 0.4) is 0 Å². The first-order valence-corrected chi connectivity index (χ1v) is 15.5. The number of allylic oxidation sites excluding steroid dienone is 2. The van der Waals surface area contributed by atoms with Gasteiger partial charge in [0, 0.05) is 37.0 Å². The van der Waals surface area contributed by atoms with E-state index < -0.39 is 0 Å². The molecular formula is C35H37Cl2NO7. The summed E-state index contributed by atoms with van der Waals surface area (Å²) in [6.45, 7) is 1.44. The second kappa shape index (κ2) is 18.5. The smallest absolute Gasteiger partial charge is 0.311 e. The maximum absolute atomic E-state index is 12.5. The van der Waals surface area contributed by atoms with Crippen LogP contribution in [0, 0.1) is 0 Å². The number of rotatable bonds is 18. The van der Waals surface area contributed by atoms with E-state index in [4.69, 9.17) is 37.4 Å². The second-order valence-corrected chi connectivity index (χ2v) is 10.7. The van der Waals surface area contributed by atoms with Crippen molar-refractivity contribution in [2.45, 2.75) is 25.7 Å². The molecule has 10 heteroatoms. The lowest BCUT2D eigenvalue weighted by molar-refractivity contribution is -0.134. The van der Waals surface area contributed by atoms with Crippen molar-refractivity contribution in [3.05, 3.63) is 89.5 Å². The molecule has 0 saturated carbocycles. The molecular weight excluding hydrogens is 617 g/mol. The molecule has 3 aromatic rings. The molecule has 0 radical (unpaired) electrons. The first-order chi connectivity index (χ1) is 21.8. The van der Waals surface area contributed by atoms with Crippen LogP contribution < -0.4 is 19.1 Å². The van der Waals surface area contributed by atoms with Crippen LogP contribution in [0.5, 0.6) is 23.0 Å². The fraction of sp³-hybridized carbons (Fsp3) is 0.286. The molecule has 3 rings (SSSR count). The summed E-state index contributed by atoms with van der Waals surface area (Å²) in [6.07, 6.45) is 7.00. The highest BCUT2D eigenvalue weighted by Gasteiger charge is 2.12. The average molecular weight is 655 g/mol. The van der Waals surface area contributed by atoms with Gasteiger partial charge in [-0.05, 0) is 78.1 Å². The lowest BCUT2D eigenvalue weighted by atomic mass is 10.1. The highest BCUT2D eigenvalue weighted by atomic mass is 35.5. The van der Waals surface area contributed by atoms with Gasteiger partial charge in [-0.15, -0.1) is 23.2 Å². The number of hydrogen-bond donors (Lipinski definition) is 1. The number of phenolic OH excluding ortho intramolecular Hbond substituents is 1. The third-order valence-electron chi connectivity index (χ3n) is 6.74. The van der Waals surface area contributed by atoms with Crippen molar-refractivity contribution in [1.82, 2.24) is 0 Å². The zero-order chi connectivity index (χ0) is 32.6. The number of anilines is 1. The Morgan fingerprint density at radius 3 is 1.93 bits per heavy atom. The van der Waals surface area contributed by atoms with Crippen molar-refractivity contribution < 1.29 is 33.7 Å². The fourth-order valence-corrected chi connectivity index (χ4v) is 4.80. The van der Waals surface area contributed by atoms with E-state index in [2.05, 4.69) is 4.90 Å². The van der Waals surface area contributed by atoms with Crippen LogP contribution in [0.4, 0.5) is 5.69 Å². The SMILES string of the molecule is COc1cc(/C=C/C(=O)CC(=O)/C=C/c2ccc(OC(=O)CCCc3ccc(N(CCCl)CCCl)cc3)c(OC)c2)ccc1O. The van der Waals surface area contributed by atoms with E-state index in [0.29, 0.717) is 35.1 Å². The first-order valence-electron chi connectivity index (χ1n) is 14.4. The molecule has 3 aromatic carbocycles. The van der Waals surface area contributed by atoms with Crippen molar-refractivity contribution in [1.29, 1.82) is 0 Å². The Kier molecular flexibility index (Phi) is 14.5. The van der Waals surface area contributed by atoms with E-state index in [9.17, 15) is 19.5 Å². The lowest BCUT2D eigenvalue weighted by Gasteiger charge is -2.23. The van der Waals surface area contributed by atoms with Crippen LogP contribution in [0.2, 0.25) is 0 Å². The molecule has 0 unspecified atom stereocenters. The predicted molar refractivity (Wildman–Crippen MR) is 179 cm³/mol. The summed E-state index contributed by atoms with van der Waals surface area (Å²) in [5.74, 6) is 0.814. The number of alkyl halides is 2. The van der Waals surface area contributed by atoms with Gasteiger partial charge in [-0.3, -0.25) is 14.4 Å². The number of esters is 1. The number of aryl methyl sites for hydroxylation is 1. The van der Waals surface area contributed by atoms with Gasteiger partial charge in [-0.25, -0.2) is 0 Å². The third-order valence-corrected chi connectivity index (χ3v) is 7.08. The fourth-order valence-electron chi connectivity index (χ4n) is 4.40. The molecule has 8 nitrogen and oxygen atoms in total. The Morgan fingerprint density at radius 1 is 0.778 bits per heavy atom. The van der Waals surface area contributed by atoms with Gasteiger partial charge in [0.1, 0.15) is 0 Å². The molecule has 0 amide bonds. The third kappa shape index (κ3) is 11.6. The van der Waals surface area contributed by atoms with Crippen molar-refractivity contribution in [3.63, 3.8) is 0 Å². The number of methoxy groups -OCH3 is 2. The standard InChI is InChI=1S/C35H37Cl2NO7/c1-43-33-22-26(10-16-31(33)41)8-14-29(39)24-30(40)15-9-27-11-17-32(34(23-27)44-2)45-35(42)5-3-4-25-6-12-28(13-7-25)38(20-18-36)21-19-37/h6-17,22-23,41H,3-5,18-21,24H2,1-2H3/b14-8+,15-9+. The van der Waals surface area contributed by atoms with E-state index >= 15 is 0 Å². The van der Waals surface area contributed by atoms with Crippen LogP contribution in [0.15, 0.2) is 72.8 Å². The maximum atomic E-state index is 12.5. The molecule has 0 bridgehead atoms. The highest BCUT2D eigenvalue weighted by Crippen LogP contribution is 2.29. The van der Waals surface area contributed by atoms with Gasteiger partial charge in [-0.2, -0.15) is 0 Å². The quantitative estimate of drug-likeness (QED) is 0.0521. The number of nitrogens with zero attached hydrogens (tertiary/aromatic N) is 1. The summed E-state index contributed by atoms with van der Waals surface area (Å²) >= 11 is 11.8. The van der Waals surface area contributed by atoms with Crippen molar-refractivity contribution in [2.24, 2.45) is 0 Å². The van der Waals surface area contributed by atoms with Crippen molar-refractivity contribution in [2.75, 3.05) is 44.0 Å². The first kappa shape index (κ1) is 35.2. The van der Waals surface area contributed by atoms with Crippen molar-refractivity contribution in [3.8, 4) is 23.0 Å². The number of carbonyl (C=O) groups is 3. The zero-order valence-corrected chi connectivity index (χ0v) is 26.9. The maximum Gasteiger partial charge on any atom is 0.311 e. The Labute approximate surface area is 273 Å². The molecule has 0 saturated heterocycles. The minimum absolute atomic E-state index is 0.00714. The Balaban J connectivity index is 1.48. The molecule has 0 spiro atoms. The molecule has 0 aliphatic carbocycles. The largest absolute Gasteiger partial charge is 0.504 e. The van der Waals surface area contributed by atoms with E-state index in [0.717, 1.165) is 30.8 Å². The number of ketones is 2. The van der Waals surface area contributed by atoms with Crippen molar-refractivity contribution >= 4 is 58.6 Å². The van der Waals surface area contributed by atoms with Gasteiger partial charge in [0.2, 0.25) is 0 Å². The zero-order valence-electron chi connectivity index (χ0n) is 25.3. The predicted octanol–water partition coefficient (Wildman–Crippen LogP) is 6.88. The number of phenols is 1. The number of benzene rings is 3. The average Bonchev–Trinajstić information content (AvgIpc) is 3.04. The van der Waals surface area contributed by atoms with Crippen LogP contribution in [-0.4, -0.2) is 61.7 Å². The van der Waals surface area contributed by atoms with Crippen LogP contribution >= 0.6 is 23.2 Å². The second-order valence-electron chi connectivity index (χ2n) is 9.98. The molecule has 0 aromatic heterocycles. The van der Waals surface area contributed by atoms with Gasteiger partial charge >= 0.3 is 5.97 Å². The molecule has 1 N–H and O–H groups in total. The summed E-state index contributed by atoms with van der Waals surface area (Å²) < 4.78 is 16.0. The molecule has 45 heavy (non-hydrogen) atoms. The van der Waals surface area contributed by atoms with E-state index in [-0.39, 0.29) is 47.6 Å². The van der Waals surface area contributed by atoms with Gasteiger partial charge in [0.15, 0.2) is 34.6 Å². The molecule has 0 aliphatic rings. The lowest BCUT2D eigenvalue weighted by Crippen LogP contribution is -2.27. The summed E-state index contributed by atoms with van der Waals surface area (Å²) in [5, 5.41) is 9.67.